The van der Waals surface area contributed by atoms with Gasteiger partial charge in [0.25, 0.3) is 0 Å². The van der Waals surface area contributed by atoms with Crippen molar-refractivity contribution in [1.82, 2.24) is 4.98 Å². The third-order valence-electron chi connectivity index (χ3n) is 5.01. The molecule has 1 atom stereocenters. The maximum Gasteiger partial charge on any atom is 0.343 e. The van der Waals surface area contributed by atoms with Crippen LogP contribution in [-0.2, 0) is 17.8 Å². The van der Waals surface area contributed by atoms with Crippen LogP contribution >= 0.6 is 0 Å². The van der Waals surface area contributed by atoms with E-state index in [2.05, 4.69) is 4.98 Å². The van der Waals surface area contributed by atoms with Crippen LogP contribution in [0.25, 0.3) is 10.9 Å². The van der Waals surface area contributed by atoms with Gasteiger partial charge < -0.3 is 15.2 Å². The number of carbonyl (C=O) groups excluding carboxylic acids is 1. The topological polar surface area (TPSA) is 74.4 Å². The summed E-state index contributed by atoms with van der Waals surface area (Å²) in [6.07, 6.45) is 2.07. The van der Waals surface area contributed by atoms with E-state index in [1.54, 1.807) is 0 Å². The summed E-state index contributed by atoms with van der Waals surface area (Å²) in [5, 5.41) is 0.331. The average molecular weight is 430 g/mol. The minimum Gasteiger partial charge on any atom is -0.489 e. The van der Waals surface area contributed by atoms with Gasteiger partial charge in [0.05, 0.1) is 11.7 Å². The summed E-state index contributed by atoms with van der Waals surface area (Å²) >= 11 is 0. The zero-order valence-electron chi connectivity index (χ0n) is 17.4. The summed E-state index contributed by atoms with van der Waals surface area (Å²) in [6.45, 7) is 0.252. The van der Waals surface area contributed by atoms with E-state index in [1.165, 1.54) is 24.4 Å². The molecular weight excluding hydrogens is 407 g/mol. The van der Waals surface area contributed by atoms with E-state index in [9.17, 15) is 9.18 Å². The van der Waals surface area contributed by atoms with E-state index in [1.807, 2.05) is 60.7 Å². The zero-order chi connectivity index (χ0) is 22.3. The number of benzene rings is 3. The van der Waals surface area contributed by atoms with Crippen molar-refractivity contribution in [3.05, 3.63) is 108 Å². The molecule has 0 amide bonds. The van der Waals surface area contributed by atoms with Crippen molar-refractivity contribution in [2.75, 3.05) is 6.61 Å². The van der Waals surface area contributed by atoms with E-state index in [-0.39, 0.29) is 30.6 Å². The predicted molar refractivity (Wildman–Crippen MR) is 121 cm³/mol. The Bertz CT molecular complexity index is 1200. The Hall–Kier alpha value is -3.77. The minimum atomic E-state index is -0.613. The fraction of sp³-hybridized carbons (Fsp3) is 0.154. The number of hydrogen-bond donors (Lipinski definition) is 1. The second kappa shape index (κ2) is 10.0. The molecule has 0 aliphatic rings. The molecule has 2 N–H and O–H groups in total. The Morgan fingerprint density at radius 1 is 0.969 bits per heavy atom. The van der Waals surface area contributed by atoms with E-state index in [0.29, 0.717) is 17.3 Å². The number of pyridine rings is 1. The first-order valence-electron chi connectivity index (χ1n) is 10.3. The van der Waals surface area contributed by atoms with Gasteiger partial charge in [0.1, 0.15) is 24.6 Å². The van der Waals surface area contributed by atoms with Crippen LogP contribution in [0.15, 0.2) is 85.1 Å². The molecular formula is C26H23FN2O3. The predicted octanol–water partition coefficient (Wildman–Crippen LogP) is 4.68. The van der Waals surface area contributed by atoms with Crippen LogP contribution in [0, 0.1) is 5.82 Å². The van der Waals surface area contributed by atoms with Crippen molar-refractivity contribution < 1.29 is 18.7 Å². The number of nitrogens with zero attached hydrogens (tertiary/aromatic N) is 1. The van der Waals surface area contributed by atoms with Gasteiger partial charge in [0, 0.05) is 11.4 Å². The number of rotatable bonds is 8. The third kappa shape index (κ3) is 5.28. The average Bonchev–Trinajstić information content (AvgIpc) is 2.82. The second-order valence-electron chi connectivity index (χ2n) is 7.48. The quantitative estimate of drug-likeness (QED) is 0.411. The number of ether oxygens (including phenoxy) is 2. The molecule has 0 spiro atoms. The molecule has 0 aliphatic carbocycles. The first-order valence-corrected chi connectivity index (χ1v) is 10.3. The second-order valence-corrected chi connectivity index (χ2v) is 7.48. The Morgan fingerprint density at radius 3 is 2.38 bits per heavy atom. The third-order valence-corrected chi connectivity index (χ3v) is 5.01. The molecule has 0 saturated heterocycles. The van der Waals surface area contributed by atoms with E-state index >= 15 is 0 Å². The summed E-state index contributed by atoms with van der Waals surface area (Å²) in [5.74, 6) is -0.877. The Balaban J connectivity index is 1.56. The van der Waals surface area contributed by atoms with Crippen molar-refractivity contribution in [2.45, 2.75) is 19.1 Å². The lowest BCUT2D eigenvalue weighted by Gasteiger charge is -2.16. The SMILES string of the molecule is N[C@@H](COc1cnc2ccc(F)cc2c1C(=O)OCc1ccccc1)Cc1ccccc1. The molecule has 0 bridgehead atoms. The van der Waals surface area contributed by atoms with Gasteiger partial charge in [-0.25, -0.2) is 9.18 Å². The minimum absolute atomic E-state index is 0.0891. The van der Waals surface area contributed by atoms with E-state index < -0.39 is 11.8 Å². The molecule has 0 saturated carbocycles. The molecule has 4 aromatic rings. The highest BCUT2D eigenvalue weighted by atomic mass is 19.1. The van der Waals surface area contributed by atoms with Gasteiger partial charge in [-0.05, 0) is 35.7 Å². The Labute approximate surface area is 185 Å². The van der Waals surface area contributed by atoms with Crippen LogP contribution in [-0.4, -0.2) is 23.6 Å². The molecule has 162 valence electrons. The van der Waals surface area contributed by atoms with Gasteiger partial charge in [-0.15, -0.1) is 0 Å². The fourth-order valence-corrected chi connectivity index (χ4v) is 3.43. The van der Waals surface area contributed by atoms with Crippen molar-refractivity contribution >= 4 is 16.9 Å². The molecule has 4 rings (SSSR count). The van der Waals surface area contributed by atoms with Crippen LogP contribution in [0.4, 0.5) is 4.39 Å². The standard InChI is InChI=1S/C26H23FN2O3/c27-20-11-12-23-22(14-20)25(26(30)32-16-19-9-5-2-6-10-19)24(15-29-23)31-17-21(28)13-18-7-3-1-4-8-18/h1-12,14-15,21H,13,16-17,28H2/t21-/m1/s1. The summed E-state index contributed by atoms with van der Waals surface area (Å²) in [6, 6.07) is 22.9. The maximum atomic E-state index is 14.0. The Morgan fingerprint density at radius 2 is 1.66 bits per heavy atom. The summed E-state index contributed by atoms with van der Waals surface area (Å²) in [4.78, 5) is 17.3. The van der Waals surface area contributed by atoms with Crippen molar-refractivity contribution in [2.24, 2.45) is 5.73 Å². The summed E-state index contributed by atoms with van der Waals surface area (Å²) in [7, 11) is 0. The van der Waals surface area contributed by atoms with Crippen molar-refractivity contribution in [3.63, 3.8) is 0 Å². The van der Waals surface area contributed by atoms with Gasteiger partial charge in [0.2, 0.25) is 0 Å². The van der Waals surface area contributed by atoms with Crippen molar-refractivity contribution in [3.8, 4) is 5.75 Å². The highest BCUT2D eigenvalue weighted by Crippen LogP contribution is 2.28. The van der Waals surface area contributed by atoms with Gasteiger partial charge >= 0.3 is 5.97 Å². The highest BCUT2D eigenvalue weighted by molar-refractivity contribution is 6.05. The van der Waals surface area contributed by atoms with E-state index in [0.717, 1.165) is 11.1 Å². The van der Waals surface area contributed by atoms with E-state index in [4.69, 9.17) is 15.2 Å². The number of esters is 1. The van der Waals surface area contributed by atoms with Gasteiger partial charge in [-0.2, -0.15) is 0 Å². The first-order chi connectivity index (χ1) is 15.6. The number of aromatic nitrogens is 1. The van der Waals surface area contributed by atoms with Crippen LogP contribution in [0.3, 0.4) is 0 Å². The molecule has 1 aromatic heterocycles. The van der Waals surface area contributed by atoms with Crippen molar-refractivity contribution in [1.29, 1.82) is 0 Å². The van der Waals surface area contributed by atoms with Crippen LogP contribution in [0.5, 0.6) is 5.75 Å². The molecule has 3 aromatic carbocycles. The largest absolute Gasteiger partial charge is 0.489 e. The molecule has 1 heterocycles. The molecule has 0 radical (unpaired) electrons. The lowest BCUT2D eigenvalue weighted by Crippen LogP contribution is -2.30. The lowest BCUT2D eigenvalue weighted by atomic mass is 10.1. The molecule has 0 aliphatic heterocycles. The molecule has 0 fully saturated rings. The first kappa shape index (κ1) is 21.5. The molecule has 0 unspecified atom stereocenters. The van der Waals surface area contributed by atoms with Crippen LogP contribution < -0.4 is 10.5 Å². The van der Waals surface area contributed by atoms with Gasteiger partial charge in [-0.1, -0.05) is 60.7 Å². The number of hydrogen-bond acceptors (Lipinski definition) is 5. The summed E-state index contributed by atoms with van der Waals surface area (Å²) in [5.41, 5.74) is 8.77. The number of halogens is 1. The lowest BCUT2D eigenvalue weighted by molar-refractivity contribution is 0.0470. The Kier molecular flexibility index (Phi) is 6.72. The summed E-state index contributed by atoms with van der Waals surface area (Å²) < 4.78 is 25.4. The monoisotopic (exact) mass is 430 g/mol. The smallest absolute Gasteiger partial charge is 0.343 e. The molecule has 6 heteroatoms. The molecule has 5 nitrogen and oxygen atoms in total. The number of fused-ring (bicyclic) bond motifs is 1. The number of nitrogens with two attached hydrogens (primary N) is 1. The fourth-order valence-electron chi connectivity index (χ4n) is 3.43. The van der Waals surface area contributed by atoms with Gasteiger partial charge in [0.15, 0.2) is 5.75 Å². The zero-order valence-corrected chi connectivity index (χ0v) is 17.4. The maximum absolute atomic E-state index is 14.0. The number of carbonyl (C=O) groups is 1. The molecule has 32 heavy (non-hydrogen) atoms. The highest BCUT2D eigenvalue weighted by Gasteiger charge is 2.21. The van der Waals surface area contributed by atoms with Gasteiger partial charge in [-0.3, -0.25) is 4.98 Å². The normalized spacial score (nSPS) is 11.8. The van der Waals surface area contributed by atoms with Crippen LogP contribution in [0.2, 0.25) is 0 Å². The van der Waals surface area contributed by atoms with Crippen LogP contribution in [0.1, 0.15) is 21.5 Å².